The summed E-state index contributed by atoms with van der Waals surface area (Å²) in [7, 11) is 0. The Balaban J connectivity index is 2.11. The monoisotopic (exact) mass is 247 g/mol. The van der Waals surface area contributed by atoms with Gasteiger partial charge in [-0.3, -0.25) is 4.79 Å². The number of hydrogen-bond donors (Lipinski definition) is 1. The lowest BCUT2D eigenvalue weighted by Crippen LogP contribution is -2.42. The molecule has 0 radical (unpaired) electrons. The lowest BCUT2D eigenvalue weighted by Gasteiger charge is -2.23. The van der Waals surface area contributed by atoms with E-state index in [0.717, 1.165) is 24.3 Å². The van der Waals surface area contributed by atoms with Crippen LogP contribution < -0.4 is 5.32 Å². The molecule has 1 fully saturated rings. The zero-order valence-corrected chi connectivity index (χ0v) is 11.4. The number of aryl methyl sites for hydroxylation is 1. The normalized spacial score (nSPS) is 19.8. The first-order valence-corrected chi connectivity index (χ1v) is 6.50. The number of Topliss-reactive ketones (excluding diaryl/α,β-unsaturated/α-hetero) is 1. The van der Waals surface area contributed by atoms with Crippen molar-refractivity contribution < 1.29 is 9.53 Å². The number of carbonyl (C=O) groups excluding carboxylic acids is 1. The van der Waals surface area contributed by atoms with Crippen LogP contribution in [-0.2, 0) is 4.74 Å². The summed E-state index contributed by atoms with van der Waals surface area (Å²) in [5, 5.41) is 3.32. The van der Waals surface area contributed by atoms with E-state index in [0.29, 0.717) is 13.0 Å². The quantitative estimate of drug-likeness (QED) is 0.832. The van der Waals surface area contributed by atoms with Crippen molar-refractivity contribution in [2.75, 3.05) is 19.8 Å². The largest absolute Gasteiger partial charge is 0.378 e. The maximum absolute atomic E-state index is 12.3. The van der Waals surface area contributed by atoms with Gasteiger partial charge in [0, 0.05) is 24.6 Å². The molecule has 0 bridgehead atoms. The van der Waals surface area contributed by atoms with Crippen molar-refractivity contribution in [1.29, 1.82) is 0 Å². The van der Waals surface area contributed by atoms with Crippen LogP contribution in [0, 0.1) is 20.8 Å². The molecule has 1 N–H and O–H groups in total. The lowest BCUT2D eigenvalue weighted by molar-refractivity contribution is 0.0676. The van der Waals surface area contributed by atoms with Crippen molar-refractivity contribution in [3.63, 3.8) is 0 Å². The van der Waals surface area contributed by atoms with Crippen LogP contribution in [0.1, 0.15) is 33.5 Å². The molecule has 3 heteroatoms. The summed E-state index contributed by atoms with van der Waals surface area (Å²) < 4.78 is 5.38. The van der Waals surface area contributed by atoms with Crippen LogP contribution in [0.3, 0.4) is 0 Å². The Morgan fingerprint density at radius 2 is 2.11 bits per heavy atom. The van der Waals surface area contributed by atoms with E-state index in [2.05, 4.69) is 19.2 Å². The number of carbonyl (C=O) groups is 1. The fourth-order valence-electron chi connectivity index (χ4n) is 2.34. The minimum Gasteiger partial charge on any atom is -0.378 e. The SMILES string of the molecule is Cc1ccc(C(=O)CC2COCCN2)c(C)c1C. The fourth-order valence-corrected chi connectivity index (χ4v) is 2.34. The van der Waals surface area contributed by atoms with Gasteiger partial charge in [-0.2, -0.15) is 0 Å². The number of benzene rings is 1. The summed E-state index contributed by atoms with van der Waals surface area (Å²) in [6.45, 7) is 8.39. The highest BCUT2D eigenvalue weighted by molar-refractivity contribution is 5.98. The number of ether oxygens (including phenoxy) is 1. The van der Waals surface area contributed by atoms with Crippen molar-refractivity contribution >= 4 is 5.78 Å². The molecule has 1 heterocycles. The Morgan fingerprint density at radius 3 is 2.78 bits per heavy atom. The van der Waals surface area contributed by atoms with E-state index in [9.17, 15) is 4.79 Å². The van der Waals surface area contributed by atoms with Crippen LogP contribution in [0.4, 0.5) is 0 Å². The summed E-state index contributed by atoms with van der Waals surface area (Å²) in [5.74, 6) is 0.207. The maximum atomic E-state index is 12.3. The molecule has 0 aliphatic carbocycles. The number of hydrogen-bond acceptors (Lipinski definition) is 3. The smallest absolute Gasteiger partial charge is 0.164 e. The Kier molecular flexibility index (Phi) is 4.15. The first-order valence-electron chi connectivity index (χ1n) is 6.50. The first-order chi connectivity index (χ1) is 8.59. The second kappa shape index (κ2) is 5.63. The van der Waals surface area contributed by atoms with Gasteiger partial charge in [-0.05, 0) is 37.5 Å². The van der Waals surface area contributed by atoms with Crippen LogP contribution in [0.5, 0.6) is 0 Å². The Labute approximate surface area is 109 Å². The topological polar surface area (TPSA) is 38.3 Å². The molecule has 0 amide bonds. The van der Waals surface area contributed by atoms with Gasteiger partial charge in [-0.15, -0.1) is 0 Å². The van der Waals surface area contributed by atoms with E-state index in [1.165, 1.54) is 11.1 Å². The first kappa shape index (κ1) is 13.2. The molecule has 1 aromatic rings. The standard InChI is InChI=1S/C15H21NO2/c1-10-4-5-14(12(3)11(10)2)15(17)8-13-9-18-7-6-16-13/h4-5,13,16H,6-9H2,1-3H3. The summed E-state index contributed by atoms with van der Waals surface area (Å²) in [6.07, 6.45) is 0.517. The number of nitrogens with one attached hydrogen (secondary N) is 1. The second-order valence-corrected chi connectivity index (χ2v) is 5.03. The highest BCUT2D eigenvalue weighted by atomic mass is 16.5. The Morgan fingerprint density at radius 1 is 1.33 bits per heavy atom. The number of morpholine rings is 1. The summed E-state index contributed by atoms with van der Waals surface area (Å²) in [4.78, 5) is 12.3. The minimum absolute atomic E-state index is 0.159. The van der Waals surface area contributed by atoms with Gasteiger partial charge in [0.25, 0.3) is 0 Å². The molecule has 18 heavy (non-hydrogen) atoms. The van der Waals surface area contributed by atoms with Crippen molar-refractivity contribution in [3.05, 3.63) is 34.4 Å². The Bertz CT molecular complexity index is 448. The van der Waals surface area contributed by atoms with Crippen LogP contribution in [0.25, 0.3) is 0 Å². The fraction of sp³-hybridized carbons (Fsp3) is 0.533. The molecule has 2 rings (SSSR count). The van der Waals surface area contributed by atoms with Gasteiger partial charge in [0.2, 0.25) is 0 Å². The van der Waals surface area contributed by atoms with Crippen LogP contribution in [-0.4, -0.2) is 31.6 Å². The van der Waals surface area contributed by atoms with Crippen molar-refractivity contribution in [3.8, 4) is 0 Å². The number of rotatable bonds is 3. The molecule has 1 unspecified atom stereocenters. The Hall–Kier alpha value is -1.19. The van der Waals surface area contributed by atoms with E-state index >= 15 is 0 Å². The molecule has 1 aromatic carbocycles. The van der Waals surface area contributed by atoms with E-state index < -0.39 is 0 Å². The summed E-state index contributed by atoms with van der Waals surface area (Å²) in [6, 6.07) is 4.14. The molecule has 0 aromatic heterocycles. The van der Waals surface area contributed by atoms with Crippen LogP contribution in [0.15, 0.2) is 12.1 Å². The molecule has 3 nitrogen and oxygen atoms in total. The van der Waals surface area contributed by atoms with Gasteiger partial charge in [-0.25, -0.2) is 0 Å². The summed E-state index contributed by atoms with van der Waals surface area (Å²) in [5.41, 5.74) is 4.42. The van der Waals surface area contributed by atoms with Crippen LogP contribution >= 0.6 is 0 Å². The zero-order chi connectivity index (χ0) is 13.1. The van der Waals surface area contributed by atoms with Crippen molar-refractivity contribution in [2.24, 2.45) is 0 Å². The van der Waals surface area contributed by atoms with Crippen molar-refractivity contribution in [2.45, 2.75) is 33.2 Å². The molecule has 1 atom stereocenters. The number of ketones is 1. The van der Waals surface area contributed by atoms with Crippen LogP contribution in [0.2, 0.25) is 0 Å². The molecule has 1 saturated heterocycles. The molecule has 1 aliphatic heterocycles. The van der Waals surface area contributed by atoms with Gasteiger partial charge in [-0.1, -0.05) is 12.1 Å². The average molecular weight is 247 g/mol. The maximum Gasteiger partial charge on any atom is 0.164 e. The van der Waals surface area contributed by atoms with E-state index in [4.69, 9.17) is 4.74 Å². The molecular weight excluding hydrogens is 226 g/mol. The lowest BCUT2D eigenvalue weighted by atomic mass is 9.94. The van der Waals surface area contributed by atoms with E-state index in [1.807, 2.05) is 19.1 Å². The van der Waals surface area contributed by atoms with Gasteiger partial charge < -0.3 is 10.1 Å². The predicted molar refractivity (Wildman–Crippen MR) is 72.2 cm³/mol. The van der Waals surface area contributed by atoms with Gasteiger partial charge in [0.1, 0.15) is 0 Å². The third-order valence-electron chi connectivity index (χ3n) is 3.79. The highest BCUT2D eigenvalue weighted by Crippen LogP contribution is 2.19. The zero-order valence-electron chi connectivity index (χ0n) is 11.4. The summed E-state index contributed by atoms with van der Waals surface area (Å²) >= 11 is 0. The molecule has 98 valence electrons. The van der Waals surface area contributed by atoms with E-state index in [-0.39, 0.29) is 11.8 Å². The second-order valence-electron chi connectivity index (χ2n) is 5.03. The highest BCUT2D eigenvalue weighted by Gasteiger charge is 2.19. The molecule has 0 saturated carbocycles. The van der Waals surface area contributed by atoms with Gasteiger partial charge in [0.05, 0.1) is 13.2 Å². The molecular formula is C15H21NO2. The van der Waals surface area contributed by atoms with Crippen molar-refractivity contribution in [1.82, 2.24) is 5.32 Å². The third kappa shape index (κ3) is 2.79. The van der Waals surface area contributed by atoms with Gasteiger partial charge >= 0.3 is 0 Å². The minimum atomic E-state index is 0.159. The van der Waals surface area contributed by atoms with Gasteiger partial charge in [0.15, 0.2) is 5.78 Å². The molecule has 1 aliphatic rings. The molecule has 0 spiro atoms. The van der Waals surface area contributed by atoms with E-state index in [1.54, 1.807) is 0 Å². The predicted octanol–water partition coefficient (Wildman–Crippen LogP) is 2.17. The third-order valence-corrected chi connectivity index (χ3v) is 3.79. The average Bonchev–Trinajstić information content (AvgIpc) is 2.37.